The molecule has 2 heterocycles. The highest BCUT2D eigenvalue weighted by atomic mass is 32.2. The Morgan fingerprint density at radius 1 is 1.31 bits per heavy atom. The summed E-state index contributed by atoms with van der Waals surface area (Å²) in [4.78, 5) is 29.0. The number of thiazole rings is 1. The van der Waals surface area contributed by atoms with E-state index < -0.39 is 10.8 Å². The number of amides is 1. The number of anilines is 1. The van der Waals surface area contributed by atoms with Crippen molar-refractivity contribution in [3.8, 4) is 0 Å². The van der Waals surface area contributed by atoms with Crippen molar-refractivity contribution in [2.24, 2.45) is 7.05 Å². The smallest absolute Gasteiger partial charge is 0.284 e. The van der Waals surface area contributed by atoms with Crippen LogP contribution in [-0.2, 0) is 13.5 Å². The van der Waals surface area contributed by atoms with Gasteiger partial charge in [0.15, 0.2) is 10.3 Å². The third-order valence-electron chi connectivity index (χ3n) is 4.33. The monoisotopic (exact) mass is 470 g/mol. The maximum absolute atomic E-state index is 13.4. The van der Waals surface area contributed by atoms with Crippen LogP contribution in [0.3, 0.4) is 0 Å². The number of nitrogens with zero attached hydrogens (tertiary/aromatic N) is 5. The number of carbonyl (C=O) groups excluding carboxylic acids is 1. The second-order valence-corrected chi connectivity index (χ2v) is 8.78. The molecule has 0 aliphatic rings. The number of rotatable bonds is 7. The third-order valence-corrected chi connectivity index (χ3v) is 6.36. The molecule has 2 aromatic carbocycles. The number of nitro groups is 1. The molecule has 0 aliphatic carbocycles. The average Bonchev–Trinajstić information content (AvgIpc) is 3.36. The Kier molecular flexibility index (Phi) is 6.23. The van der Waals surface area contributed by atoms with E-state index in [1.165, 1.54) is 48.0 Å². The van der Waals surface area contributed by atoms with Gasteiger partial charge in [0.05, 0.1) is 9.82 Å². The molecule has 12 heteroatoms. The van der Waals surface area contributed by atoms with E-state index >= 15 is 0 Å². The molecule has 4 rings (SSSR count). The third kappa shape index (κ3) is 4.98. The van der Waals surface area contributed by atoms with Crippen LogP contribution in [0.5, 0.6) is 0 Å². The second-order valence-electron chi connectivity index (χ2n) is 6.66. The molecule has 0 saturated heterocycles. The minimum absolute atomic E-state index is 0.126. The second kappa shape index (κ2) is 9.24. The highest BCUT2D eigenvalue weighted by Gasteiger charge is 2.20. The first-order chi connectivity index (χ1) is 15.4. The molecule has 2 aromatic heterocycles. The maximum atomic E-state index is 13.4. The van der Waals surface area contributed by atoms with E-state index in [4.69, 9.17) is 0 Å². The molecule has 0 aliphatic heterocycles. The topological polar surface area (TPSA) is 116 Å². The minimum atomic E-state index is -0.546. The summed E-state index contributed by atoms with van der Waals surface area (Å²) in [6.45, 7) is 0. The van der Waals surface area contributed by atoms with E-state index in [1.54, 1.807) is 29.9 Å². The number of aromatic nitrogens is 4. The normalized spacial score (nSPS) is 10.8. The van der Waals surface area contributed by atoms with Crippen molar-refractivity contribution in [2.45, 2.75) is 16.5 Å². The van der Waals surface area contributed by atoms with Gasteiger partial charge in [-0.2, -0.15) is 0 Å². The quantitative estimate of drug-likeness (QED) is 0.316. The van der Waals surface area contributed by atoms with Gasteiger partial charge in [0.2, 0.25) is 0 Å². The highest BCUT2D eigenvalue weighted by Crippen LogP contribution is 2.34. The zero-order chi connectivity index (χ0) is 22.7. The van der Waals surface area contributed by atoms with Crippen LogP contribution in [0.15, 0.2) is 65.0 Å². The van der Waals surface area contributed by atoms with Crippen molar-refractivity contribution in [3.63, 3.8) is 0 Å². The number of hydrogen-bond donors (Lipinski definition) is 1. The van der Waals surface area contributed by atoms with Gasteiger partial charge < -0.3 is 4.57 Å². The Bertz CT molecular complexity index is 1310. The Morgan fingerprint density at radius 3 is 2.88 bits per heavy atom. The van der Waals surface area contributed by atoms with E-state index in [0.717, 1.165) is 22.2 Å². The summed E-state index contributed by atoms with van der Waals surface area (Å²) in [6, 6.07) is 10.5. The first-order valence-corrected chi connectivity index (χ1v) is 10.8. The summed E-state index contributed by atoms with van der Waals surface area (Å²) in [7, 11) is 1.73. The number of hydrogen-bond acceptors (Lipinski definition) is 8. The van der Waals surface area contributed by atoms with Gasteiger partial charge in [-0.15, -0.1) is 21.5 Å². The summed E-state index contributed by atoms with van der Waals surface area (Å²) in [6.07, 6.45) is 3.57. The predicted octanol–water partition coefficient (Wildman–Crippen LogP) is 4.31. The van der Waals surface area contributed by atoms with Crippen LogP contribution >= 0.6 is 23.1 Å². The van der Waals surface area contributed by atoms with Gasteiger partial charge in [-0.1, -0.05) is 12.1 Å². The van der Waals surface area contributed by atoms with Crippen molar-refractivity contribution < 1.29 is 14.1 Å². The lowest BCUT2D eigenvalue weighted by Crippen LogP contribution is -2.12. The minimum Gasteiger partial charge on any atom is -0.311 e. The van der Waals surface area contributed by atoms with Gasteiger partial charge in [-0.25, -0.2) is 9.37 Å². The summed E-state index contributed by atoms with van der Waals surface area (Å²) in [5.74, 6) is -0.835. The number of benzene rings is 2. The fraction of sp³-hybridized carbons (Fsp3) is 0.100. The van der Waals surface area contributed by atoms with E-state index in [9.17, 15) is 19.3 Å². The zero-order valence-corrected chi connectivity index (χ0v) is 18.2. The fourth-order valence-corrected chi connectivity index (χ4v) is 4.51. The summed E-state index contributed by atoms with van der Waals surface area (Å²) in [5.41, 5.74) is 0.704. The molecule has 0 unspecified atom stereocenters. The maximum Gasteiger partial charge on any atom is 0.284 e. The molecule has 0 fully saturated rings. The highest BCUT2D eigenvalue weighted by molar-refractivity contribution is 7.99. The van der Waals surface area contributed by atoms with Gasteiger partial charge in [-0.05, 0) is 41.6 Å². The summed E-state index contributed by atoms with van der Waals surface area (Å²) >= 11 is 2.34. The van der Waals surface area contributed by atoms with Crippen LogP contribution < -0.4 is 5.32 Å². The van der Waals surface area contributed by atoms with Crippen LogP contribution in [0.25, 0.3) is 0 Å². The molecule has 162 valence electrons. The van der Waals surface area contributed by atoms with E-state index in [0.29, 0.717) is 21.6 Å². The van der Waals surface area contributed by atoms with Crippen molar-refractivity contribution in [2.75, 3.05) is 5.32 Å². The summed E-state index contributed by atoms with van der Waals surface area (Å²) < 4.78 is 15.0. The Morgan fingerprint density at radius 2 is 2.16 bits per heavy atom. The van der Waals surface area contributed by atoms with Crippen molar-refractivity contribution in [3.05, 3.63) is 86.9 Å². The standard InChI is InChI=1S/C20H15FN6O3S2/c1-26-11-23-25-20(26)32-17-6-5-13(9-16(17)27(29)30)18(28)24-19-22-10-15(31-19)8-12-3-2-4-14(21)7-12/h2-7,9-11H,8H2,1H3,(H,22,24,28). The van der Waals surface area contributed by atoms with Gasteiger partial charge in [0, 0.05) is 36.2 Å². The average molecular weight is 471 g/mol. The van der Waals surface area contributed by atoms with E-state index in [2.05, 4.69) is 20.5 Å². The lowest BCUT2D eigenvalue weighted by atomic mass is 10.1. The van der Waals surface area contributed by atoms with Gasteiger partial charge >= 0.3 is 0 Å². The lowest BCUT2D eigenvalue weighted by Gasteiger charge is -2.05. The molecule has 0 bridgehead atoms. The molecule has 1 amide bonds. The lowest BCUT2D eigenvalue weighted by molar-refractivity contribution is -0.387. The van der Waals surface area contributed by atoms with Crippen LogP contribution in [-0.4, -0.2) is 30.6 Å². The molecular formula is C20H15FN6O3S2. The molecule has 0 radical (unpaired) electrons. The van der Waals surface area contributed by atoms with Gasteiger partial charge in [0.25, 0.3) is 11.6 Å². The molecule has 0 spiro atoms. The first-order valence-electron chi connectivity index (χ1n) is 9.20. The van der Waals surface area contributed by atoms with Crippen molar-refractivity contribution in [1.29, 1.82) is 0 Å². The molecule has 0 atom stereocenters. The van der Waals surface area contributed by atoms with Crippen LogP contribution in [0.4, 0.5) is 15.2 Å². The van der Waals surface area contributed by atoms with Gasteiger partial charge in [-0.3, -0.25) is 20.2 Å². The fourth-order valence-electron chi connectivity index (χ4n) is 2.82. The van der Waals surface area contributed by atoms with Crippen LogP contribution in [0.2, 0.25) is 0 Å². The van der Waals surface area contributed by atoms with Crippen LogP contribution in [0.1, 0.15) is 20.8 Å². The van der Waals surface area contributed by atoms with Gasteiger partial charge in [0.1, 0.15) is 12.1 Å². The van der Waals surface area contributed by atoms with E-state index in [-0.39, 0.29) is 17.1 Å². The predicted molar refractivity (Wildman–Crippen MR) is 117 cm³/mol. The van der Waals surface area contributed by atoms with Crippen molar-refractivity contribution in [1.82, 2.24) is 19.7 Å². The Hall–Kier alpha value is -3.64. The zero-order valence-electron chi connectivity index (χ0n) is 16.6. The summed E-state index contributed by atoms with van der Waals surface area (Å²) in [5, 5.41) is 22.7. The molecule has 1 N–H and O–H groups in total. The molecule has 0 saturated carbocycles. The molecular weight excluding hydrogens is 455 g/mol. The number of halogens is 1. The molecule has 9 nitrogen and oxygen atoms in total. The molecule has 32 heavy (non-hydrogen) atoms. The number of nitrogens with one attached hydrogen (secondary N) is 1. The molecule has 4 aromatic rings. The largest absolute Gasteiger partial charge is 0.311 e. The van der Waals surface area contributed by atoms with E-state index in [1.807, 2.05) is 0 Å². The first kappa shape index (κ1) is 21.6. The Labute approximate surface area is 189 Å². The Balaban J connectivity index is 1.48. The number of carbonyl (C=O) groups is 1. The van der Waals surface area contributed by atoms with Crippen LogP contribution in [0, 0.1) is 15.9 Å². The van der Waals surface area contributed by atoms with Crippen molar-refractivity contribution >= 4 is 39.8 Å². The SMILES string of the molecule is Cn1cnnc1Sc1ccc(C(=O)Nc2ncc(Cc3cccc(F)c3)s2)cc1[N+](=O)[O-]. The number of nitro benzene ring substituents is 1. The number of aryl methyl sites for hydroxylation is 1.